The lowest BCUT2D eigenvalue weighted by Gasteiger charge is -2.39. The van der Waals surface area contributed by atoms with Crippen LogP contribution in [0, 0.1) is 5.92 Å². The molecule has 0 saturated carbocycles. The highest BCUT2D eigenvalue weighted by Gasteiger charge is 2.30. The number of hydrogen-bond acceptors (Lipinski definition) is 4. The first-order valence-electron chi connectivity index (χ1n) is 11.9. The van der Waals surface area contributed by atoms with Crippen molar-refractivity contribution in [3.63, 3.8) is 0 Å². The van der Waals surface area contributed by atoms with Crippen LogP contribution in [0.25, 0.3) is 0 Å². The van der Waals surface area contributed by atoms with E-state index in [0.717, 1.165) is 63.8 Å². The highest BCUT2D eigenvalue weighted by atomic mass is 127. The van der Waals surface area contributed by atoms with E-state index >= 15 is 0 Å². The number of likely N-dealkylation sites (tertiary alicyclic amines) is 2. The predicted molar refractivity (Wildman–Crippen MR) is 145 cm³/mol. The van der Waals surface area contributed by atoms with Crippen LogP contribution in [0.2, 0.25) is 0 Å². The van der Waals surface area contributed by atoms with Crippen molar-refractivity contribution in [3.8, 4) is 5.75 Å². The summed E-state index contributed by atoms with van der Waals surface area (Å²) in [5.41, 5.74) is 1.36. The summed E-state index contributed by atoms with van der Waals surface area (Å²) in [6, 6.07) is 9.45. The number of halogens is 1. The van der Waals surface area contributed by atoms with Crippen molar-refractivity contribution in [1.29, 1.82) is 0 Å². The van der Waals surface area contributed by atoms with E-state index in [0.29, 0.717) is 18.0 Å². The smallest absolute Gasteiger partial charge is 0.191 e. The molecule has 32 heavy (non-hydrogen) atoms. The third-order valence-electron chi connectivity index (χ3n) is 6.61. The van der Waals surface area contributed by atoms with Gasteiger partial charge in [-0.15, -0.1) is 30.6 Å². The van der Waals surface area contributed by atoms with Crippen LogP contribution in [-0.4, -0.2) is 75.2 Å². The molecule has 180 valence electrons. The molecule has 1 aromatic rings. The van der Waals surface area contributed by atoms with Gasteiger partial charge in [0.1, 0.15) is 5.75 Å². The zero-order chi connectivity index (χ0) is 22.1. The van der Waals surface area contributed by atoms with Gasteiger partial charge >= 0.3 is 0 Å². The van der Waals surface area contributed by atoms with Crippen molar-refractivity contribution < 1.29 is 4.74 Å². The number of methoxy groups -OCH3 is 1. The molecule has 0 radical (unpaired) electrons. The molecule has 2 unspecified atom stereocenters. The molecular formula is C25H42IN5O. The predicted octanol–water partition coefficient (Wildman–Crippen LogP) is 3.90. The Kier molecular flexibility index (Phi) is 11.8. The first-order valence-corrected chi connectivity index (χ1v) is 11.9. The Balaban J connectivity index is 0.00000363. The van der Waals surface area contributed by atoms with Crippen molar-refractivity contribution in [2.45, 2.75) is 44.7 Å². The van der Waals surface area contributed by atoms with E-state index in [1.807, 2.05) is 6.08 Å². The van der Waals surface area contributed by atoms with Crippen LogP contribution in [0.1, 0.15) is 44.2 Å². The summed E-state index contributed by atoms with van der Waals surface area (Å²) in [5, 5.41) is 7.16. The monoisotopic (exact) mass is 555 g/mol. The van der Waals surface area contributed by atoms with Crippen molar-refractivity contribution in [2.24, 2.45) is 10.9 Å². The number of rotatable bonds is 8. The SMILES string of the molecule is C=CCN1CCC(NC(=NCC2CCCN(C)C2c2ccc(OC)cc2)NCC)CC1.I. The second kappa shape index (κ2) is 14.1. The zero-order valence-electron chi connectivity index (χ0n) is 20.1. The Hall–Kier alpha value is -1.32. The number of nitrogens with zero attached hydrogens (tertiary/aromatic N) is 3. The molecule has 2 aliphatic rings. The van der Waals surface area contributed by atoms with E-state index in [-0.39, 0.29) is 24.0 Å². The minimum atomic E-state index is 0. The molecule has 3 rings (SSSR count). The summed E-state index contributed by atoms with van der Waals surface area (Å²) in [7, 11) is 3.96. The molecule has 0 aromatic heterocycles. The van der Waals surface area contributed by atoms with Crippen molar-refractivity contribution in [3.05, 3.63) is 42.5 Å². The number of aliphatic imine (C=N–C) groups is 1. The lowest BCUT2D eigenvalue weighted by Crippen LogP contribution is -2.49. The van der Waals surface area contributed by atoms with Gasteiger partial charge in [0.05, 0.1) is 7.11 Å². The van der Waals surface area contributed by atoms with Gasteiger partial charge in [-0.2, -0.15) is 0 Å². The van der Waals surface area contributed by atoms with Crippen LogP contribution in [0.15, 0.2) is 41.9 Å². The molecular weight excluding hydrogens is 513 g/mol. The van der Waals surface area contributed by atoms with Gasteiger partial charge in [-0.05, 0) is 69.8 Å². The number of hydrogen-bond donors (Lipinski definition) is 2. The van der Waals surface area contributed by atoms with Crippen LogP contribution in [0.5, 0.6) is 5.75 Å². The van der Waals surface area contributed by atoms with E-state index in [1.54, 1.807) is 7.11 Å². The van der Waals surface area contributed by atoms with Crippen molar-refractivity contribution >= 4 is 29.9 Å². The van der Waals surface area contributed by atoms with Crippen molar-refractivity contribution in [1.82, 2.24) is 20.4 Å². The van der Waals surface area contributed by atoms with E-state index in [9.17, 15) is 0 Å². The highest BCUT2D eigenvalue weighted by Crippen LogP contribution is 2.35. The molecule has 2 atom stereocenters. The number of nitrogens with one attached hydrogen (secondary N) is 2. The molecule has 2 aliphatic heterocycles. The Bertz CT molecular complexity index is 703. The average molecular weight is 556 g/mol. The van der Waals surface area contributed by atoms with E-state index in [1.165, 1.54) is 18.4 Å². The molecule has 0 spiro atoms. The third-order valence-corrected chi connectivity index (χ3v) is 6.61. The van der Waals surface area contributed by atoms with Gasteiger partial charge < -0.3 is 15.4 Å². The molecule has 2 N–H and O–H groups in total. The fourth-order valence-corrected chi connectivity index (χ4v) is 4.94. The maximum atomic E-state index is 5.35. The second-order valence-electron chi connectivity index (χ2n) is 8.83. The van der Waals surface area contributed by atoms with Crippen molar-refractivity contribution in [2.75, 3.05) is 53.4 Å². The van der Waals surface area contributed by atoms with Crippen LogP contribution in [0.3, 0.4) is 0 Å². The summed E-state index contributed by atoms with van der Waals surface area (Å²) in [6.07, 6.45) is 6.75. The molecule has 7 heteroatoms. The van der Waals surface area contributed by atoms with Gasteiger partial charge in [0, 0.05) is 44.8 Å². The first kappa shape index (κ1) is 26.9. The fraction of sp³-hybridized carbons (Fsp3) is 0.640. The normalized spacial score (nSPS) is 23.3. The zero-order valence-corrected chi connectivity index (χ0v) is 22.4. The molecule has 2 fully saturated rings. The molecule has 2 saturated heterocycles. The molecule has 0 aliphatic carbocycles. The fourth-order valence-electron chi connectivity index (χ4n) is 4.94. The second-order valence-corrected chi connectivity index (χ2v) is 8.83. The molecule has 0 amide bonds. The van der Waals surface area contributed by atoms with E-state index < -0.39 is 0 Å². The lowest BCUT2D eigenvalue weighted by molar-refractivity contribution is 0.125. The minimum Gasteiger partial charge on any atom is -0.497 e. The van der Waals surface area contributed by atoms with Gasteiger partial charge in [0.2, 0.25) is 0 Å². The Labute approximate surface area is 211 Å². The average Bonchev–Trinajstić information content (AvgIpc) is 2.79. The quantitative estimate of drug-likeness (QED) is 0.221. The first-order chi connectivity index (χ1) is 15.1. The van der Waals surface area contributed by atoms with Gasteiger partial charge in [0.15, 0.2) is 5.96 Å². The molecule has 2 heterocycles. The molecule has 1 aromatic carbocycles. The number of ether oxygens (including phenoxy) is 1. The summed E-state index contributed by atoms with van der Waals surface area (Å²) >= 11 is 0. The summed E-state index contributed by atoms with van der Waals surface area (Å²) in [6.45, 7) is 12.1. The molecule has 6 nitrogen and oxygen atoms in total. The summed E-state index contributed by atoms with van der Waals surface area (Å²) in [4.78, 5) is 10.00. The Morgan fingerprint density at radius 1 is 1.19 bits per heavy atom. The number of piperidine rings is 2. The standard InChI is InChI=1S/C25H41N5O.HI/c1-5-15-30-17-13-22(14-18-30)28-25(26-6-2)27-19-21-8-7-16-29(3)24(21)20-9-11-23(31-4)12-10-20;/h5,9-12,21-22,24H,1,6-8,13-19H2,2-4H3,(H2,26,27,28);1H. The topological polar surface area (TPSA) is 52.1 Å². The maximum Gasteiger partial charge on any atom is 0.191 e. The van der Waals surface area contributed by atoms with Gasteiger partial charge in [-0.25, -0.2) is 0 Å². The third kappa shape index (κ3) is 7.63. The Morgan fingerprint density at radius 3 is 2.53 bits per heavy atom. The largest absolute Gasteiger partial charge is 0.497 e. The minimum absolute atomic E-state index is 0. The summed E-state index contributed by atoms with van der Waals surface area (Å²) in [5.74, 6) is 2.39. The van der Waals surface area contributed by atoms with Gasteiger partial charge in [-0.1, -0.05) is 18.2 Å². The maximum absolute atomic E-state index is 5.35. The van der Waals surface area contributed by atoms with Gasteiger partial charge in [-0.3, -0.25) is 14.8 Å². The Morgan fingerprint density at radius 2 is 1.91 bits per heavy atom. The van der Waals surface area contributed by atoms with E-state index in [2.05, 4.69) is 65.2 Å². The van der Waals surface area contributed by atoms with E-state index in [4.69, 9.17) is 9.73 Å². The number of benzene rings is 1. The highest BCUT2D eigenvalue weighted by molar-refractivity contribution is 14.0. The van der Waals surface area contributed by atoms with Crippen LogP contribution in [-0.2, 0) is 0 Å². The van der Waals surface area contributed by atoms with Crippen LogP contribution < -0.4 is 15.4 Å². The van der Waals surface area contributed by atoms with Crippen LogP contribution in [0.4, 0.5) is 0 Å². The van der Waals surface area contributed by atoms with Gasteiger partial charge in [0.25, 0.3) is 0 Å². The number of guanidine groups is 1. The van der Waals surface area contributed by atoms with Crippen LogP contribution >= 0.6 is 24.0 Å². The summed E-state index contributed by atoms with van der Waals surface area (Å²) < 4.78 is 5.35. The lowest BCUT2D eigenvalue weighted by atomic mass is 9.85. The molecule has 0 bridgehead atoms.